The molecule has 0 fully saturated rings. The standard InChI is InChI=1S/C25H27ClN2O3S/c1-19-8-10-20(11-9-19)5-4-16-27-25(29)22-14-12-21(13-15-22)18-28(32(2,30)31)24-7-3-6-23(26)17-24/h3,6-15,17H,4-5,16,18H2,1-2H3,(H,27,29). The molecule has 1 amide bonds. The van der Waals surface area contributed by atoms with Gasteiger partial charge in [0.05, 0.1) is 18.5 Å². The van der Waals surface area contributed by atoms with E-state index in [-0.39, 0.29) is 12.5 Å². The van der Waals surface area contributed by atoms with Crippen LogP contribution in [0.15, 0.2) is 72.8 Å². The molecule has 3 rings (SSSR count). The first kappa shape index (κ1) is 23.8. The number of hydrogen-bond acceptors (Lipinski definition) is 3. The van der Waals surface area contributed by atoms with Crippen LogP contribution in [0.5, 0.6) is 0 Å². The molecule has 1 N–H and O–H groups in total. The van der Waals surface area contributed by atoms with E-state index in [0.29, 0.717) is 22.8 Å². The van der Waals surface area contributed by atoms with Crippen molar-refractivity contribution in [2.45, 2.75) is 26.3 Å². The Bertz CT molecular complexity index is 1160. The van der Waals surface area contributed by atoms with Crippen molar-refractivity contribution < 1.29 is 13.2 Å². The van der Waals surface area contributed by atoms with Crippen molar-refractivity contribution in [2.24, 2.45) is 0 Å². The number of hydrogen-bond donors (Lipinski definition) is 1. The third-order valence-electron chi connectivity index (χ3n) is 5.09. The van der Waals surface area contributed by atoms with Gasteiger partial charge in [-0.05, 0) is 61.2 Å². The molecule has 0 aliphatic carbocycles. The number of nitrogens with one attached hydrogen (secondary N) is 1. The predicted octanol–water partition coefficient (Wildman–Crippen LogP) is 4.98. The molecule has 0 aliphatic heterocycles. The summed E-state index contributed by atoms with van der Waals surface area (Å²) in [7, 11) is -3.50. The summed E-state index contributed by atoms with van der Waals surface area (Å²) in [6.45, 7) is 2.80. The van der Waals surface area contributed by atoms with E-state index >= 15 is 0 Å². The van der Waals surface area contributed by atoms with Crippen LogP contribution in [-0.2, 0) is 23.0 Å². The fourth-order valence-corrected chi connectivity index (χ4v) is 4.37. The highest BCUT2D eigenvalue weighted by atomic mass is 35.5. The number of rotatable bonds is 9. The van der Waals surface area contributed by atoms with E-state index in [4.69, 9.17) is 11.6 Å². The zero-order chi connectivity index (χ0) is 23.1. The van der Waals surface area contributed by atoms with Crippen LogP contribution in [0.1, 0.15) is 33.5 Å². The van der Waals surface area contributed by atoms with Gasteiger partial charge in [-0.1, -0.05) is 59.6 Å². The molecule has 0 saturated carbocycles. The van der Waals surface area contributed by atoms with Crippen molar-refractivity contribution in [3.8, 4) is 0 Å². The van der Waals surface area contributed by atoms with Gasteiger partial charge in [-0.15, -0.1) is 0 Å². The minimum Gasteiger partial charge on any atom is -0.352 e. The molecule has 3 aromatic carbocycles. The summed E-state index contributed by atoms with van der Waals surface area (Å²) in [5, 5.41) is 3.40. The minimum atomic E-state index is -3.50. The van der Waals surface area contributed by atoms with Gasteiger partial charge in [0, 0.05) is 17.1 Å². The Morgan fingerprint density at radius 1 is 0.969 bits per heavy atom. The van der Waals surface area contributed by atoms with E-state index in [1.165, 1.54) is 15.4 Å². The van der Waals surface area contributed by atoms with Gasteiger partial charge in [0.25, 0.3) is 5.91 Å². The Labute approximate surface area is 195 Å². The van der Waals surface area contributed by atoms with Crippen LogP contribution in [0.25, 0.3) is 0 Å². The van der Waals surface area contributed by atoms with Gasteiger partial charge in [0.15, 0.2) is 0 Å². The maximum Gasteiger partial charge on any atom is 0.251 e. The zero-order valence-corrected chi connectivity index (χ0v) is 19.8. The first-order valence-electron chi connectivity index (χ1n) is 10.4. The second-order valence-electron chi connectivity index (χ2n) is 7.79. The van der Waals surface area contributed by atoms with Crippen molar-refractivity contribution in [3.05, 3.63) is 100 Å². The second-order valence-corrected chi connectivity index (χ2v) is 10.1. The molecule has 0 unspecified atom stereocenters. The third kappa shape index (κ3) is 6.84. The molecule has 5 nitrogen and oxygen atoms in total. The van der Waals surface area contributed by atoms with E-state index in [1.54, 1.807) is 48.5 Å². The number of anilines is 1. The first-order valence-corrected chi connectivity index (χ1v) is 12.6. The Morgan fingerprint density at radius 2 is 1.62 bits per heavy atom. The van der Waals surface area contributed by atoms with Crippen molar-refractivity contribution in [3.63, 3.8) is 0 Å². The summed E-state index contributed by atoms with van der Waals surface area (Å²) in [5.74, 6) is -0.143. The van der Waals surface area contributed by atoms with Gasteiger partial charge < -0.3 is 5.32 Å². The largest absolute Gasteiger partial charge is 0.352 e. The fourth-order valence-electron chi connectivity index (χ4n) is 3.31. The lowest BCUT2D eigenvalue weighted by Gasteiger charge is -2.22. The number of carbonyl (C=O) groups excluding carboxylic acids is 1. The molecular weight excluding hydrogens is 444 g/mol. The summed E-state index contributed by atoms with van der Waals surface area (Å²) in [5.41, 5.74) is 4.29. The van der Waals surface area contributed by atoms with Crippen molar-refractivity contribution >= 4 is 33.2 Å². The number of nitrogens with zero attached hydrogens (tertiary/aromatic N) is 1. The van der Waals surface area contributed by atoms with Gasteiger partial charge in [0.1, 0.15) is 0 Å². The summed E-state index contributed by atoms with van der Waals surface area (Å²) >= 11 is 6.02. The third-order valence-corrected chi connectivity index (χ3v) is 6.46. The molecule has 0 aromatic heterocycles. The smallest absolute Gasteiger partial charge is 0.251 e. The van der Waals surface area contributed by atoms with E-state index in [0.717, 1.165) is 24.7 Å². The maximum atomic E-state index is 12.4. The number of amides is 1. The summed E-state index contributed by atoms with van der Waals surface area (Å²) < 4.78 is 25.9. The fraction of sp³-hybridized carbons (Fsp3) is 0.240. The molecule has 32 heavy (non-hydrogen) atoms. The van der Waals surface area contributed by atoms with Crippen LogP contribution < -0.4 is 9.62 Å². The van der Waals surface area contributed by atoms with Crippen molar-refractivity contribution in [2.75, 3.05) is 17.1 Å². The van der Waals surface area contributed by atoms with E-state index < -0.39 is 10.0 Å². The predicted molar refractivity (Wildman–Crippen MR) is 131 cm³/mol. The lowest BCUT2D eigenvalue weighted by Crippen LogP contribution is -2.29. The van der Waals surface area contributed by atoms with Gasteiger partial charge in [0.2, 0.25) is 10.0 Å². The topological polar surface area (TPSA) is 66.5 Å². The average Bonchev–Trinajstić information content (AvgIpc) is 2.76. The SMILES string of the molecule is Cc1ccc(CCCNC(=O)c2ccc(CN(c3cccc(Cl)c3)S(C)(=O)=O)cc2)cc1. The second kappa shape index (κ2) is 10.7. The Balaban J connectivity index is 1.57. The van der Waals surface area contributed by atoms with Crippen LogP contribution >= 0.6 is 11.6 Å². The van der Waals surface area contributed by atoms with E-state index in [1.807, 2.05) is 0 Å². The molecule has 0 radical (unpaired) electrons. The van der Waals surface area contributed by atoms with Crippen molar-refractivity contribution in [1.29, 1.82) is 0 Å². The molecule has 0 spiro atoms. The molecule has 0 heterocycles. The highest BCUT2D eigenvalue weighted by molar-refractivity contribution is 7.92. The maximum absolute atomic E-state index is 12.4. The molecule has 0 bridgehead atoms. The van der Waals surface area contributed by atoms with Gasteiger partial charge in [-0.3, -0.25) is 9.10 Å². The van der Waals surface area contributed by atoms with Crippen LogP contribution in [0.2, 0.25) is 5.02 Å². The normalized spacial score (nSPS) is 11.2. The molecule has 0 saturated heterocycles. The van der Waals surface area contributed by atoms with Gasteiger partial charge >= 0.3 is 0 Å². The molecule has 0 aliphatic rings. The number of carbonyl (C=O) groups is 1. The Kier molecular flexibility index (Phi) is 7.94. The lowest BCUT2D eigenvalue weighted by molar-refractivity contribution is 0.0953. The van der Waals surface area contributed by atoms with Crippen LogP contribution in [0.3, 0.4) is 0 Å². The quantitative estimate of drug-likeness (QED) is 0.448. The van der Waals surface area contributed by atoms with Gasteiger partial charge in [-0.2, -0.15) is 0 Å². The van der Waals surface area contributed by atoms with Crippen LogP contribution in [0.4, 0.5) is 5.69 Å². The molecule has 168 valence electrons. The van der Waals surface area contributed by atoms with E-state index in [9.17, 15) is 13.2 Å². The number of benzene rings is 3. The van der Waals surface area contributed by atoms with Gasteiger partial charge in [-0.25, -0.2) is 8.42 Å². The highest BCUT2D eigenvalue weighted by Gasteiger charge is 2.18. The molecule has 3 aromatic rings. The minimum absolute atomic E-state index is 0.143. The Morgan fingerprint density at radius 3 is 2.25 bits per heavy atom. The average molecular weight is 471 g/mol. The van der Waals surface area contributed by atoms with Crippen LogP contribution in [-0.4, -0.2) is 27.1 Å². The molecular formula is C25H27ClN2O3S. The van der Waals surface area contributed by atoms with Crippen molar-refractivity contribution in [1.82, 2.24) is 5.32 Å². The lowest BCUT2D eigenvalue weighted by atomic mass is 10.1. The summed E-state index contributed by atoms with van der Waals surface area (Å²) in [6.07, 6.45) is 2.92. The number of sulfonamides is 1. The molecule has 0 atom stereocenters. The van der Waals surface area contributed by atoms with Crippen LogP contribution in [0, 0.1) is 6.92 Å². The number of aryl methyl sites for hydroxylation is 2. The Hall–Kier alpha value is -2.83. The first-order chi connectivity index (χ1) is 15.2. The zero-order valence-electron chi connectivity index (χ0n) is 18.2. The summed E-state index contributed by atoms with van der Waals surface area (Å²) in [4.78, 5) is 12.4. The van der Waals surface area contributed by atoms with E-state index in [2.05, 4.69) is 36.5 Å². The monoisotopic (exact) mass is 470 g/mol. The summed E-state index contributed by atoms with van der Waals surface area (Å²) in [6, 6.07) is 22.1. The molecule has 7 heteroatoms. The highest BCUT2D eigenvalue weighted by Crippen LogP contribution is 2.24. The number of halogens is 1.